The summed E-state index contributed by atoms with van der Waals surface area (Å²) in [5.41, 5.74) is 8.67. The van der Waals surface area contributed by atoms with Gasteiger partial charge in [0.15, 0.2) is 0 Å². The molecule has 2 aromatic heterocycles. The average molecular weight is 1720 g/mol. The van der Waals surface area contributed by atoms with Gasteiger partial charge < -0.3 is 97.2 Å². The van der Waals surface area contributed by atoms with Gasteiger partial charge in [-0.2, -0.15) is 0 Å². The van der Waals surface area contributed by atoms with Gasteiger partial charge in [-0.1, -0.05) is 71.0 Å². The molecule has 3 aliphatic rings. The number of pyridine rings is 2. The number of carboxylic acids is 1. The van der Waals surface area contributed by atoms with Crippen molar-refractivity contribution in [2.45, 2.75) is 127 Å². The van der Waals surface area contributed by atoms with Gasteiger partial charge in [0.05, 0.1) is 65.9 Å². The summed E-state index contributed by atoms with van der Waals surface area (Å²) in [6.07, 6.45) is 0.795. The summed E-state index contributed by atoms with van der Waals surface area (Å²) in [7, 11) is 7.32. The van der Waals surface area contributed by atoms with E-state index in [2.05, 4.69) is 72.2 Å². The highest BCUT2D eigenvalue weighted by molar-refractivity contribution is 7.92. The molecule has 0 unspecified atom stereocenters. The zero-order valence-corrected chi connectivity index (χ0v) is 72.7. The molecule has 0 spiro atoms. The van der Waals surface area contributed by atoms with Crippen LogP contribution in [0.4, 0.5) is 37.1 Å². The van der Waals surface area contributed by atoms with E-state index in [0.717, 1.165) is 28.6 Å². The minimum Gasteiger partial charge on any atom is -0.481 e. The van der Waals surface area contributed by atoms with Crippen LogP contribution < -0.4 is 63.9 Å². The maximum Gasteiger partial charge on any atom is 0.355 e. The number of nitrogens with two attached hydrogens (primary N) is 1. The number of anilines is 4. The summed E-state index contributed by atoms with van der Waals surface area (Å²) < 4.78 is 42.7. The van der Waals surface area contributed by atoms with Crippen molar-refractivity contribution in [1.29, 1.82) is 0 Å². The molecule has 6 aromatic rings. The van der Waals surface area contributed by atoms with E-state index in [0.29, 0.717) is 126 Å². The lowest BCUT2D eigenvalue weighted by atomic mass is 9.85. The Kier molecular flexibility index (Phi) is 34.4. The van der Waals surface area contributed by atoms with Gasteiger partial charge >= 0.3 is 36.0 Å². The number of aromatic nitrogens is 2. The second-order valence-electron chi connectivity index (χ2n) is 31.9. The molecule has 1 fully saturated rings. The van der Waals surface area contributed by atoms with E-state index in [-0.39, 0.29) is 78.9 Å². The first-order valence-corrected chi connectivity index (χ1v) is 42.9. The molecule has 9 rings (SSSR count). The first-order chi connectivity index (χ1) is 58.6. The Morgan fingerprint density at radius 2 is 1.21 bits per heavy atom. The zero-order valence-electron chi connectivity index (χ0n) is 71.9. The number of aryl methyl sites for hydroxylation is 1. The number of benzene rings is 4. The number of primary amides is 1. The van der Waals surface area contributed by atoms with Crippen molar-refractivity contribution in [2.24, 2.45) is 11.7 Å². The molecule has 3 aliphatic heterocycles. The molecule has 0 aliphatic carbocycles. The van der Waals surface area contributed by atoms with E-state index in [9.17, 15) is 71.1 Å². The highest BCUT2D eigenvalue weighted by Crippen LogP contribution is 2.43. The molecule has 37 nitrogen and oxygen atoms in total. The topological polar surface area (TPSA) is 464 Å². The van der Waals surface area contributed by atoms with Crippen molar-refractivity contribution >= 4 is 109 Å². The van der Waals surface area contributed by atoms with E-state index in [1.54, 1.807) is 79.8 Å². The Labute approximate surface area is 716 Å². The lowest BCUT2D eigenvalue weighted by Gasteiger charge is -2.37. The average Bonchev–Trinajstić information content (AvgIpc) is 1.62. The van der Waals surface area contributed by atoms with E-state index in [1.807, 2.05) is 78.3 Å². The number of nitrogens with zero attached hydrogens (tertiary/aromatic N) is 9. The predicted octanol–water partition coefficient (Wildman–Crippen LogP) is 3.88. The Morgan fingerprint density at radius 1 is 0.634 bits per heavy atom. The molecule has 0 saturated carbocycles. The fourth-order valence-electron chi connectivity index (χ4n) is 14.8. The number of cyclic esters (lactones) is 1. The molecule has 11 amide bonds. The number of sulfonamides is 1. The molecular formula is C85H118N20O17S. The maximum atomic E-state index is 14.5. The molecule has 1 saturated heterocycles. The fraction of sp³-hybridized carbons (Fsp3) is 0.494. The zero-order chi connectivity index (χ0) is 89.4. The van der Waals surface area contributed by atoms with Crippen molar-refractivity contribution in [3.8, 4) is 11.4 Å². The van der Waals surface area contributed by atoms with Crippen LogP contribution in [0.3, 0.4) is 0 Å². The molecular weight excluding hydrogens is 1610 g/mol. The first-order valence-electron chi connectivity index (χ1n) is 41.5. The summed E-state index contributed by atoms with van der Waals surface area (Å²) in [6.45, 7) is 16.7. The van der Waals surface area contributed by atoms with Crippen LogP contribution in [-0.2, 0) is 83.0 Å². The lowest BCUT2D eigenvalue weighted by Crippen LogP contribution is -2.58. The van der Waals surface area contributed by atoms with E-state index in [4.69, 9.17) is 20.2 Å². The number of fused-ring (bicyclic) bond motifs is 5. The third-order valence-corrected chi connectivity index (χ3v) is 23.2. The molecule has 5 atom stereocenters. The predicted molar refractivity (Wildman–Crippen MR) is 465 cm³/mol. The molecule has 4 aromatic carbocycles. The summed E-state index contributed by atoms with van der Waals surface area (Å²) in [4.78, 5) is 179. The molecule has 0 radical (unpaired) electrons. The van der Waals surface area contributed by atoms with Crippen LogP contribution in [0.1, 0.15) is 107 Å². The molecule has 0 bridgehead atoms. The molecule has 5 heterocycles. The van der Waals surface area contributed by atoms with Crippen LogP contribution in [0.2, 0.25) is 0 Å². The van der Waals surface area contributed by atoms with Crippen molar-refractivity contribution < 1.29 is 75.7 Å². The number of nitrogens with one attached hydrogen (secondary N) is 10. The number of carbonyl (C=O) groups excluding carboxylic acids is 10. The third kappa shape index (κ3) is 26.4. The largest absolute Gasteiger partial charge is 0.481 e. The molecule has 38 heteroatoms. The smallest absolute Gasteiger partial charge is 0.355 e. The number of hydrogen-bond donors (Lipinski definition) is 12. The van der Waals surface area contributed by atoms with Gasteiger partial charge in [0.2, 0.25) is 35.1 Å². The Morgan fingerprint density at radius 3 is 1.82 bits per heavy atom. The van der Waals surface area contributed by atoms with Gasteiger partial charge in [-0.05, 0) is 158 Å². The Hall–Kier alpha value is -11.7. The van der Waals surface area contributed by atoms with Crippen molar-refractivity contribution in [2.75, 3.05) is 168 Å². The quantitative estimate of drug-likeness (QED) is 0.0241. The highest BCUT2D eigenvalue weighted by atomic mass is 32.2. The number of carboxylic acid groups (broad SMARTS) is 1. The van der Waals surface area contributed by atoms with Crippen molar-refractivity contribution in [3.63, 3.8) is 0 Å². The summed E-state index contributed by atoms with van der Waals surface area (Å²) in [6, 6.07) is 20.7. The third-order valence-electron chi connectivity index (χ3n) is 21.8. The number of esters is 2. The van der Waals surface area contributed by atoms with Gasteiger partial charge in [0, 0.05) is 131 Å². The second-order valence-corrected chi connectivity index (χ2v) is 33.6. The normalized spacial score (nSPS) is 15.5. The van der Waals surface area contributed by atoms with Crippen molar-refractivity contribution in [3.05, 3.63) is 141 Å². The number of urea groups is 3. The van der Waals surface area contributed by atoms with Gasteiger partial charge in [0.25, 0.3) is 15.6 Å². The van der Waals surface area contributed by atoms with E-state index >= 15 is 0 Å². The SMILES string of the molecule is CCCNC(=O)Nc1cccc(S(=O)(=O)Nc2cccc([C@@H](CC(=O)O)NC(=O)Nc3ccc(NC(=O)NCCN(C)CCN(C)CCN(C)CC(=O)NCCN(C)CCN(C)CCN(C)CC(=O)N[C@@H](CC(N)=O)C(=O)N4CCC[C@H]4C(=O)N[C@H](C(=O)O[C@]4(CC)C(=O)OCc5c4cc4n(c5=O)Cc5c-4nc4ccccc4c5CC)C(C)C)cc3)c2)c1. The number of hydrogen-bond acceptors (Lipinski definition) is 23. The maximum absolute atomic E-state index is 14.5. The summed E-state index contributed by atoms with van der Waals surface area (Å²) in [5, 5.41) is 35.3. The minimum atomic E-state index is -4.18. The van der Waals surface area contributed by atoms with Gasteiger partial charge in [-0.25, -0.2) is 37.4 Å². The van der Waals surface area contributed by atoms with Gasteiger partial charge in [-0.15, -0.1) is 0 Å². The van der Waals surface area contributed by atoms with Crippen LogP contribution in [0, 0.1) is 5.92 Å². The minimum absolute atomic E-state index is 0.0994. The summed E-state index contributed by atoms with van der Waals surface area (Å²) in [5.74, 6) is -6.58. The van der Waals surface area contributed by atoms with E-state index < -0.39 is 124 Å². The number of likely N-dealkylation sites (tertiary alicyclic amines) is 1. The fourth-order valence-corrected chi connectivity index (χ4v) is 15.9. The highest BCUT2D eigenvalue weighted by Gasteiger charge is 2.52. The number of rotatable bonds is 45. The van der Waals surface area contributed by atoms with Gasteiger partial charge in [0.1, 0.15) is 24.7 Å². The lowest BCUT2D eigenvalue weighted by molar-refractivity contribution is -0.191. The second kappa shape index (κ2) is 44.4. The van der Waals surface area contributed by atoms with Crippen LogP contribution >= 0.6 is 0 Å². The Balaban J connectivity index is 0.619. The molecule has 666 valence electrons. The first kappa shape index (κ1) is 95.2. The van der Waals surface area contributed by atoms with E-state index in [1.165, 1.54) is 41.3 Å². The van der Waals surface area contributed by atoms with Crippen molar-refractivity contribution in [1.82, 2.24) is 75.8 Å². The summed E-state index contributed by atoms with van der Waals surface area (Å²) >= 11 is 0. The van der Waals surface area contributed by atoms with Gasteiger partial charge in [-0.3, -0.25) is 48.1 Å². The monoisotopic (exact) mass is 1720 g/mol. The van der Waals surface area contributed by atoms with Crippen LogP contribution in [0.5, 0.6) is 0 Å². The number of amides is 11. The standard InChI is InChI=1S/C85H118N20O17S/c1-12-31-88-82(116)92-58-21-18-23-60(46-58)123(119,120)97-59-22-17-20-55(45-59)67(49-74(109)110)95-84(118)91-57-29-27-56(28-30-57)90-83(117)89-33-36-99(7)38-40-100(8)41-43-102(10)51-72(107)87-32-35-98(6)37-39-101(9)42-44-103(11)52-73(108)93-68(48-71(86)106)79(113)104-34-19-26-69(104)77(111)96-75(54(4)5)80(114)122-85(14-3)65-47-70-76-63(50-105(70)78(112)64(65)53-121-81(85)115)61(13-2)62-24-15-16-25-66(62)94-76/h15-18,20-25,27-30,45-47,54,67-69,75,97H,12-14,19,26,31-44,48-53H2,1-11H3,(H2,86,106)(H,87,107)(H,93,108)(H,96,111)(H,109,110)(H2,88,92,116)(H2,89,90,117)(H2,91,95,118)/t67-,68+,69+,75+,85+/m1/s1. The number of likely N-dealkylation sites (N-methyl/N-ethyl adjacent to an activating group) is 6. The number of carbonyl (C=O) groups is 11. The molecule has 123 heavy (non-hydrogen) atoms. The number of aliphatic carboxylic acids is 1. The molecule has 13 N–H and O–H groups in total. The number of para-hydroxylation sites is 1. The van der Waals surface area contributed by atoms with Crippen LogP contribution in [0.15, 0.2) is 113 Å². The van der Waals surface area contributed by atoms with Crippen LogP contribution in [0.25, 0.3) is 22.3 Å². The number of ether oxygens (including phenoxy) is 2. The van der Waals surface area contributed by atoms with Crippen LogP contribution in [-0.4, -0.2) is 288 Å². The Bertz CT molecular complexity index is 4980.